The van der Waals surface area contributed by atoms with Crippen molar-refractivity contribution >= 4 is 29.1 Å². The molecule has 0 aliphatic heterocycles. The Labute approximate surface area is 108 Å². The van der Waals surface area contributed by atoms with Gasteiger partial charge in [0.2, 0.25) is 5.95 Å². The number of carbonyl (C=O) groups is 2. The van der Waals surface area contributed by atoms with Crippen LogP contribution in [0.3, 0.4) is 0 Å². The van der Waals surface area contributed by atoms with Gasteiger partial charge in [-0.3, -0.25) is 14.9 Å². The molecule has 8 nitrogen and oxygen atoms in total. The second-order valence-electron chi connectivity index (χ2n) is 3.83. The van der Waals surface area contributed by atoms with Crippen LogP contribution in [-0.2, 0) is 9.59 Å². The molecule has 0 saturated carbocycles. The molecule has 0 bridgehead atoms. The molecular formula is C11H12N6O2. The summed E-state index contributed by atoms with van der Waals surface area (Å²) < 4.78 is 0. The Morgan fingerprint density at radius 2 is 2.00 bits per heavy atom. The molecule has 0 spiro atoms. The quantitative estimate of drug-likeness (QED) is 0.455. The number of amides is 2. The number of nitrogens with two attached hydrogens (primary N) is 1. The first-order valence-corrected chi connectivity index (χ1v) is 5.40. The Morgan fingerprint density at radius 1 is 1.26 bits per heavy atom. The fraction of sp³-hybridized carbons (Fsp3) is 0.0909. The van der Waals surface area contributed by atoms with E-state index in [-0.39, 0.29) is 5.95 Å². The first-order chi connectivity index (χ1) is 9.06. The highest BCUT2D eigenvalue weighted by atomic mass is 16.2. The number of nitrogens with one attached hydrogen (secondary N) is 3. The molecular weight excluding hydrogens is 248 g/mol. The summed E-state index contributed by atoms with van der Waals surface area (Å²) in [6, 6.07) is 5.13. The number of aromatic amines is 1. The molecule has 0 saturated heterocycles. The van der Waals surface area contributed by atoms with Gasteiger partial charge >= 0.3 is 11.8 Å². The number of nitrogen functional groups attached to an aromatic ring is 1. The highest BCUT2D eigenvalue weighted by molar-refractivity contribution is 6.43. The highest BCUT2D eigenvalue weighted by Crippen LogP contribution is 2.19. The van der Waals surface area contributed by atoms with Gasteiger partial charge in [0.15, 0.2) is 0 Å². The lowest BCUT2D eigenvalue weighted by Gasteiger charge is -2.08. The van der Waals surface area contributed by atoms with Crippen molar-refractivity contribution in [1.82, 2.24) is 15.2 Å². The van der Waals surface area contributed by atoms with Gasteiger partial charge < -0.3 is 11.1 Å². The molecule has 98 valence electrons. The molecule has 19 heavy (non-hydrogen) atoms. The van der Waals surface area contributed by atoms with E-state index in [1.165, 1.54) is 6.33 Å². The molecule has 1 heterocycles. The van der Waals surface area contributed by atoms with Gasteiger partial charge in [0, 0.05) is 0 Å². The minimum absolute atomic E-state index is 0.0948. The molecule has 0 radical (unpaired) electrons. The molecule has 8 heteroatoms. The maximum atomic E-state index is 11.7. The first-order valence-electron chi connectivity index (χ1n) is 5.40. The molecule has 0 unspecified atom stereocenters. The number of aryl methyl sites for hydroxylation is 1. The summed E-state index contributed by atoms with van der Waals surface area (Å²) in [6.45, 7) is 1.85. The van der Waals surface area contributed by atoms with Crippen molar-refractivity contribution < 1.29 is 9.59 Å². The Balaban J connectivity index is 2.04. The largest absolute Gasteiger partial charge is 0.397 e. The SMILES string of the molecule is Cc1ccc(N)c(NC(=O)C(=O)Nc2ncn[nH]2)c1. The van der Waals surface area contributed by atoms with Gasteiger partial charge in [0.1, 0.15) is 6.33 Å². The third-order valence-corrected chi connectivity index (χ3v) is 2.31. The molecule has 0 aliphatic carbocycles. The lowest BCUT2D eigenvalue weighted by atomic mass is 10.2. The van der Waals surface area contributed by atoms with Crippen LogP contribution >= 0.6 is 0 Å². The summed E-state index contributed by atoms with van der Waals surface area (Å²) in [5.41, 5.74) is 7.38. The fourth-order valence-corrected chi connectivity index (χ4v) is 1.39. The van der Waals surface area contributed by atoms with Crippen molar-refractivity contribution in [1.29, 1.82) is 0 Å². The van der Waals surface area contributed by atoms with E-state index in [0.717, 1.165) is 5.56 Å². The predicted molar refractivity (Wildman–Crippen MR) is 69.2 cm³/mol. The third-order valence-electron chi connectivity index (χ3n) is 2.31. The third kappa shape index (κ3) is 3.06. The number of nitrogens with zero attached hydrogens (tertiary/aromatic N) is 2. The normalized spacial score (nSPS) is 9.95. The lowest BCUT2D eigenvalue weighted by Crippen LogP contribution is -2.29. The lowest BCUT2D eigenvalue weighted by molar-refractivity contribution is -0.133. The number of hydrogen-bond acceptors (Lipinski definition) is 5. The second kappa shape index (κ2) is 5.17. The van der Waals surface area contributed by atoms with Gasteiger partial charge in [0.05, 0.1) is 11.4 Å². The summed E-state index contributed by atoms with van der Waals surface area (Å²) in [6.07, 6.45) is 1.21. The summed E-state index contributed by atoms with van der Waals surface area (Å²) in [5, 5.41) is 10.6. The Kier molecular flexibility index (Phi) is 3.42. The maximum Gasteiger partial charge on any atom is 0.316 e. The molecule has 2 rings (SSSR count). The van der Waals surface area contributed by atoms with Crippen molar-refractivity contribution in [3.05, 3.63) is 30.1 Å². The number of anilines is 3. The predicted octanol–water partition coefficient (Wildman–Crippen LogP) is 0.273. The number of benzene rings is 1. The van der Waals surface area contributed by atoms with Crippen LogP contribution in [0.4, 0.5) is 17.3 Å². The van der Waals surface area contributed by atoms with Gasteiger partial charge in [-0.2, -0.15) is 10.1 Å². The zero-order valence-corrected chi connectivity index (χ0v) is 10.1. The van der Waals surface area contributed by atoms with Crippen molar-refractivity contribution in [2.75, 3.05) is 16.4 Å². The van der Waals surface area contributed by atoms with Crippen LogP contribution in [0, 0.1) is 6.92 Å². The number of H-pyrrole nitrogens is 1. The molecule has 0 fully saturated rings. The van der Waals surface area contributed by atoms with E-state index in [4.69, 9.17) is 5.73 Å². The van der Waals surface area contributed by atoms with E-state index in [1.54, 1.807) is 18.2 Å². The molecule has 2 amide bonds. The topological polar surface area (TPSA) is 126 Å². The van der Waals surface area contributed by atoms with Gasteiger partial charge in [-0.25, -0.2) is 5.10 Å². The molecule has 1 aromatic heterocycles. The number of aromatic nitrogens is 3. The van der Waals surface area contributed by atoms with Crippen LogP contribution in [0.5, 0.6) is 0 Å². The number of hydrogen-bond donors (Lipinski definition) is 4. The average molecular weight is 260 g/mol. The van der Waals surface area contributed by atoms with Crippen molar-refractivity contribution in [2.45, 2.75) is 6.92 Å². The molecule has 2 aromatic rings. The molecule has 0 aliphatic rings. The summed E-state index contributed by atoms with van der Waals surface area (Å²) in [4.78, 5) is 26.9. The van der Waals surface area contributed by atoms with Gasteiger partial charge in [-0.15, -0.1) is 0 Å². The smallest absolute Gasteiger partial charge is 0.316 e. The molecule has 0 atom stereocenters. The number of rotatable bonds is 2. The van der Waals surface area contributed by atoms with Crippen molar-refractivity contribution in [2.24, 2.45) is 0 Å². The average Bonchev–Trinajstić information content (AvgIpc) is 2.86. The zero-order valence-electron chi connectivity index (χ0n) is 10.1. The van der Waals surface area contributed by atoms with Crippen LogP contribution in [0.1, 0.15) is 5.56 Å². The van der Waals surface area contributed by atoms with Crippen molar-refractivity contribution in [3.63, 3.8) is 0 Å². The van der Waals surface area contributed by atoms with E-state index in [2.05, 4.69) is 25.8 Å². The zero-order chi connectivity index (χ0) is 13.8. The maximum absolute atomic E-state index is 11.7. The fourth-order valence-electron chi connectivity index (χ4n) is 1.39. The Bertz CT molecular complexity index is 608. The van der Waals surface area contributed by atoms with Crippen LogP contribution in [-0.4, -0.2) is 27.0 Å². The molecule has 5 N–H and O–H groups in total. The Hall–Kier alpha value is -2.90. The minimum Gasteiger partial charge on any atom is -0.397 e. The van der Waals surface area contributed by atoms with Gasteiger partial charge in [-0.05, 0) is 24.6 Å². The van der Waals surface area contributed by atoms with E-state index in [0.29, 0.717) is 11.4 Å². The van der Waals surface area contributed by atoms with E-state index in [9.17, 15) is 9.59 Å². The monoisotopic (exact) mass is 260 g/mol. The summed E-state index contributed by atoms with van der Waals surface area (Å²) in [7, 11) is 0. The second-order valence-corrected chi connectivity index (χ2v) is 3.83. The highest BCUT2D eigenvalue weighted by Gasteiger charge is 2.16. The minimum atomic E-state index is -0.863. The Morgan fingerprint density at radius 3 is 2.68 bits per heavy atom. The van der Waals surface area contributed by atoms with E-state index in [1.807, 2.05) is 6.92 Å². The standard InChI is InChI=1S/C11H12N6O2/c1-6-2-3-7(12)8(4-6)15-9(18)10(19)16-11-13-5-14-17-11/h2-5H,12H2,1H3,(H,15,18)(H2,13,14,16,17,19). The first kappa shape index (κ1) is 12.6. The van der Waals surface area contributed by atoms with Crippen LogP contribution in [0.25, 0.3) is 0 Å². The van der Waals surface area contributed by atoms with Crippen LogP contribution in [0.15, 0.2) is 24.5 Å². The number of carbonyl (C=O) groups excluding carboxylic acids is 2. The van der Waals surface area contributed by atoms with Crippen LogP contribution in [0.2, 0.25) is 0 Å². The van der Waals surface area contributed by atoms with Gasteiger partial charge in [-0.1, -0.05) is 6.07 Å². The van der Waals surface area contributed by atoms with E-state index < -0.39 is 11.8 Å². The van der Waals surface area contributed by atoms with Crippen LogP contribution < -0.4 is 16.4 Å². The van der Waals surface area contributed by atoms with E-state index >= 15 is 0 Å². The molecule has 1 aromatic carbocycles. The van der Waals surface area contributed by atoms with Gasteiger partial charge in [0.25, 0.3) is 0 Å². The summed E-state index contributed by atoms with van der Waals surface area (Å²) in [5.74, 6) is -1.61. The summed E-state index contributed by atoms with van der Waals surface area (Å²) >= 11 is 0. The van der Waals surface area contributed by atoms with Crippen molar-refractivity contribution in [3.8, 4) is 0 Å².